The molecule has 1 heterocycles. The van der Waals surface area contributed by atoms with E-state index in [1.165, 1.54) is 25.7 Å². The summed E-state index contributed by atoms with van der Waals surface area (Å²) < 4.78 is 0. The van der Waals surface area contributed by atoms with Crippen LogP contribution in [-0.4, -0.2) is 22.6 Å². The lowest BCUT2D eigenvalue weighted by molar-refractivity contribution is 0.0946. The van der Waals surface area contributed by atoms with Crippen LogP contribution in [0.4, 0.5) is 0 Å². The maximum absolute atomic E-state index is 11.9. The molecule has 106 valence electrons. The van der Waals surface area contributed by atoms with E-state index in [1.807, 2.05) is 6.07 Å². The number of aromatic amines is 1. The molecule has 0 aliphatic heterocycles. The van der Waals surface area contributed by atoms with Gasteiger partial charge in [-0.3, -0.25) is 9.89 Å². The highest BCUT2D eigenvalue weighted by molar-refractivity contribution is 5.92. The summed E-state index contributed by atoms with van der Waals surface area (Å²) >= 11 is 0. The average Bonchev–Trinajstić information content (AvgIpc) is 2.99. The Kier molecular flexibility index (Phi) is 5.00. The standard InChI is InChI=1S/C15H25N3O/c1-11(2)9-13-10-14(18-17-13)15(19)16-8-7-12-5-3-4-6-12/h10-12H,3-9H2,1-2H3,(H,16,19)(H,17,18). The van der Waals surface area contributed by atoms with Gasteiger partial charge in [0, 0.05) is 12.2 Å². The highest BCUT2D eigenvalue weighted by Gasteiger charge is 2.16. The summed E-state index contributed by atoms with van der Waals surface area (Å²) in [6, 6.07) is 1.87. The van der Waals surface area contributed by atoms with Crippen LogP contribution >= 0.6 is 0 Å². The summed E-state index contributed by atoms with van der Waals surface area (Å²) in [6.45, 7) is 5.08. The second kappa shape index (κ2) is 6.73. The molecule has 0 aromatic carbocycles. The molecule has 0 saturated heterocycles. The Morgan fingerprint density at radius 3 is 2.89 bits per heavy atom. The molecule has 1 fully saturated rings. The fraction of sp³-hybridized carbons (Fsp3) is 0.733. The summed E-state index contributed by atoms with van der Waals surface area (Å²) in [5.74, 6) is 1.33. The maximum Gasteiger partial charge on any atom is 0.271 e. The molecule has 1 amide bonds. The highest BCUT2D eigenvalue weighted by Crippen LogP contribution is 2.26. The predicted octanol–water partition coefficient (Wildman–Crippen LogP) is 2.92. The van der Waals surface area contributed by atoms with E-state index in [-0.39, 0.29) is 5.91 Å². The third kappa shape index (κ3) is 4.37. The summed E-state index contributed by atoms with van der Waals surface area (Å²) in [4.78, 5) is 11.9. The number of hydrogen-bond donors (Lipinski definition) is 2. The van der Waals surface area contributed by atoms with E-state index in [4.69, 9.17) is 0 Å². The predicted molar refractivity (Wildman–Crippen MR) is 76.0 cm³/mol. The van der Waals surface area contributed by atoms with Gasteiger partial charge in [0.15, 0.2) is 0 Å². The third-order valence-corrected chi connectivity index (χ3v) is 3.80. The first-order valence-electron chi connectivity index (χ1n) is 7.47. The number of carbonyl (C=O) groups is 1. The van der Waals surface area contributed by atoms with E-state index in [2.05, 4.69) is 29.4 Å². The van der Waals surface area contributed by atoms with Gasteiger partial charge in [-0.05, 0) is 30.7 Å². The molecular formula is C15H25N3O. The molecule has 0 spiro atoms. The molecular weight excluding hydrogens is 238 g/mol. The highest BCUT2D eigenvalue weighted by atomic mass is 16.1. The second-order valence-electron chi connectivity index (χ2n) is 6.07. The monoisotopic (exact) mass is 263 g/mol. The lowest BCUT2D eigenvalue weighted by Crippen LogP contribution is -2.25. The first-order chi connectivity index (χ1) is 9.15. The normalized spacial score (nSPS) is 16.2. The average molecular weight is 263 g/mol. The van der Waals surface area contributed by atoms with Crippen molar-refractivity contribution in [2.45, 2.75) is 52.4 Å². The minimum absolute atomic E-state index is 0.0516. The summed E-state index contributed by atoms with van der Waals surface area (Å²) in [5.41, 5.74) is 1.55. The Morgan fingerprint density at radius 1 is 1.47 bits per heavy atom. The number of carbonyl (C=O) groups excluding carboxylic acids is 1. The summed E-state index contributed by atoms with van der Waals surface area (Å²) in [7, 11) is 0. The number of aromatic nitrogens is 2. The van der Waals surface area contributed by atoms with Crippen molar-refractivity contribution in [2.24, 2.45) is 11.8 Å². The number of rotatable bonds is 6. The first kappa shape index (κ1) is 14.1. The molecule has 1 aromatic heterocycles. The fourth-order valence-electron chi connectivity index (χ4n) is 2.80. The zero-order chi connectivity index (χ0) is 13.7. The molecule has 1 aromatic rings. The van der Waals surface area contributed by atoms with Crippen LogP contribution in [0.5, 0.6) is 0 Å². The van der Waals surface area contributed by atoms with Crippen molar-refractivity contribution in [3.05, 3.63) is 17.5 Å². The van der Waals surface area contributed by atoms with Crippen LogP contribution in [0, 0.1) is 11.8 Å². The van der Waals surface area contributed by atoms with Crippen molar-refractivity contribution in [1.82, 2.24) is 15.5 Å². The lowest BCUT2D eigenvalue weighted by Gasteiger charge is -2.08. The minimum Gasteiger partial charge on any atom is -0.351 e. The van der Waals surface area contributed by atoms with E-state index >= 15 is 0 Å². The van der Waals surface area contributed by atoms with Crippen LogP contribution in [-0.2, 0) is 6.42 Å². The van der Waals surface area contributed by atoms with Gasteiger partial charge in [-0.15, -0.1) is 0 Å². The van der Waals surface area contributed by atoms with Gasteiger partial charge in [-0.2, -0.15) is 5.10 Å². The largest absolute Gasteiger partial charge is 0.351 e. The smallest absolute Gasteiger partial charge is 0.271 e. The topological polar surface area (TPSA) is 57.8 Å². The van der Waals surface area contributed by atoms with Gasteiger partial charge in [0.2, 0.25) is 0 Å². The van der Waals surface area contributed by atoms with Crippen LogP contribution in [0.3, 0.4) is 0 Å². The quantitative estimate of drug-likeness (QED) is 0.829. The molecule has 0 unspecified atom stereocenters. The van der Waals surface area contributed by atoms with Gasteiger partial charge in [0.25, 0.3) is 5.91 Å². The zero-order valence-electron chi connectivity index (χ0n) is 12.0. The number of amides is 1. The molecule has 19 heavy (non-hydrogen) atoms. The van der Waals surface area contributed by atoms with Gasteiger partial charge in [-0.25, -0.2) is 0 Å². The van der Waals surface area contributed by atoms with Crippen LogP contribution in [0.15, 0.2) is 6.07 Å². The Bertz CT molecular complexity index is 405. The molecule has 0 bridgehead atoms. The number of nitrogens with one attached hydrogen (secondary N) is 2. The van der Waals surface area contributed by atoms with E-state index in [1.54, 1.807) is 0 Å². The van der Waals surface area contributed by atoms with Crippen molar-refractivity contribution < 1.29 is 4.79 Å². The van der Waals surface area contributed by atoms with Gasteiger partial charge < -0.3 is 5.32 Å². The van der Waals surface area contributed by atoms with Crippen LogP contribution in [0.2, 0.25) is 0 Å². The van der Waals surface area contributed by atoms with E-state index < -0.39 is 0 Å². The maximum atomic E-state index is 11.9. The molecule has 0 radical (unpaired) electrons. The van der Waals surface area contributed by atoms with Gasteiger partial charge in [0.1, 0.15) is 5.69 Å². The molecule has 1 aliphatic rings. The van der Waals surface area contributed by atoms with Crippen molar-refractivity contribution >= 4 is 5.91 Å². The van der Waals surface area contributed by atoms with Crippen LogP contribution < -0.4 is 5.32 Å². The van der Waals surface area contributed by atoms with Gasteiger partial charge in [-0.1, -0.05) is 39.5 Å². The van der Waals surface area contributed by atoms with E-state index in [0.717, 1.165) is 31.0 Å². The van der Waals surface area contributed by atoms with Crippen molar-refractivity contribution in [1.29, 1.82) is 0 Å². The van der Waals surface area contributed by atoms with Crippen LogP contribution in [0.1, 0.15) is 62.1 Å². The Labute approximate surface area is 115 Å². The third-order valence-electron chi connectivity index (χ3n) is 3.80. The van der Waals surface area contributed by atoms with Gasteiger partial charge in [0.05, 0.1) is 0 Å². The zero-order valence-corrected chi connectivity index (χ0v) is 12.0. The van der Waals surface area contributed by atoms with Crippen LogP contribution in [0.25, 0.3) is 0 Å². The number of hydrogen-bond acceptors (Lipinski definition) is 2. The molecule has 2 rings (SSSR count). The molecule has 1 saturated carbocycles. The Balaban J connectivity index is 1.74. The number of nitrogens with zero attached hydrogens (tertiary/aromatic N) is 1. The summed E-state index contributed by atoms with van der Waals surface area (Å²) in [6.07, 6.45) is 7.41. The second-order valence-corrected chi connectivity index (χ2v) is 6.07. The first-order valence-corrected chi connectivity index (χ1v) is 7.47. The van der Waals surface area contributed by atoms with Crippen molar-refractivity contribution in [3.8, 4) is 0 Å². The minimum atomic E-state index is -0.0516. The number of H-pyrrole nitrogens is 1. The van der Waals surface area contributed by atoms with E-state index in [9.17, 15) is 4.79 Å². The van der Waals surface area contributed by atoms with Gasteiger partial charge >= 0.3 is 0 Å². The lowest BCUT2D eigenvalue weighted by atomic mass is 10.0. The molecule has 4 nitrogen and oxygen atoms in total. The van der Waals surface area contributed by atoms with Crippen molar-refractivity contribution in [3.63, 3.8) is 0 Å². The molecule has 4 heteroatoms. The summed E-state index contributed by atoms with van der Waals surface area (Å²) in [5, 5.41) is 9.99. The van der Waals surface area contributed by atoms with E-state index in [0.29, 0.717) is 11.6 Å². The molecule has 0 atom stereocenters. The fourth-order valence-corrected chi connectivity index (χ4v) is 2.80. The Morgan fingerprint density at radius 2 is 2.21 bits per heavy atom. The Hall–Kier alpha value is -1.32. The van der Waals surface area contributed by atoms with Crippen molar-refractivity contribution in [2.75, 3.05) is 6.54 Å². The molecule has 2 N–H and O–H groups in total. The molecule has 1 aliphatic carbocycles. The SMILES string of the molecule is CC(C)Cc1cc(C(=O)NCCC2CCCC2)n[nH]1.